The number of phenolic OH excluding ortho intramolecular Hbond substituents is 2. The fourth-order valence-corrected chi connectivity index (χ4v) is 5.57. The standard InChI is InChI=1S/C38H36N6O2/c45-37-29(23-43(25-31-13-1-5-19-39-31)26-32-14-2-6-20-40-32)11-9-17-35(37)36-18-10-12-30(38(36)46)24-44(27-33-15-3-7-21-41-33)28-34-16-4-8-22-42-34/h1-22,45-46H,23-28H2. The van der Waals surface area contributed by atoms with Crippen LogP contribution in [0.3, 0.4) is 0 Å². The SMILES string of the molecule is Oc1c(CN(Cc2ccccn2)Cc2ccccn2)cccc1-c1cccc(CN(Cc2ccccn2)Cc2ccccn2)c1O. The minimum Gasteiger partial charge on any atom is -0.507 e. The molecular weight excluding hydrogens is 572 g/mol. The van der Waals surface area contributed by atoms with Gasteiger partial charge in [0.15, 0.2) is 0 Å². The number of rotatable bonds is 13. The van der Waals surface area contributed by atoms with Crippen LogP contribution in [0.5, 0.6) is 11.5 Å². The van der Waals surface area contributed by atoms with Crippen LogP contribution in [0.25, 0.3) is 11.1 Å². The third kappa shape index (κ3) is 7.98. The van der Waals surface area contributed by atoms with Gasteiger partial charge in [0.25, 0.3) is 0 Å². The predicted molar refractivity (Wildman–Crippen MR) is 178 cm³/mol. The summed E-state index contributed by atoms with van der Waals surface area (Å²) in [5.41, 5.74) is 6.38. The minimum absolute atomic E-state index is 0.140. The molecule has 4 aromatic heterocycles. The van der Waals surface area contributed by atoms with E-state index in [2.05, 4.69) is 29.7 Å². The molecule has 2 aromatic carbocycles. The zero-order valence-corrected chi connectivity index (χ0v) is 25.5. The van der Waals surface area contributed by atoms with E-state index in [4.69, 9.17) is 0 Å². The van der Waals surface area contributed by atoms with Gasteiger partial charge in [0.1, 0.15) is 11.5 Å². The third-order valence-corrected chi connectivity index (χ3v) is 7.76. The largest absolute Gasteiger partial charge is 0.507 e. The zero-order valence-electron chi connectivity index (χ0n) is 25.5. The van der Waals surface area contributed by atoms with E-state index < -0.39 is 0 Å². The lowest BCUT2D eigenvalue weighted by atomic mass is 9.97. The van der Waals surface area contributed by atoms with E-state index in [0.29, 0.717) is 50.4 Å². The molecule has 0 unspecified atom stereocenters. The summed E-state index contributed by atoms with van der Waals surface area (Å²) in [4.78, 5) is 22.5. The van der Waals surface area contributed by atoms with Crippen molar-refractivity contribution in [3.63, 3.8) is 0 Å². The Hall–Kier alpha value is -5.44. The predicted octanol–water partition coefficient (Wildman–Crippen LogP) is 6.75. The van der Waals surface area contributed by atoms with E-state index in [9.17, 15) is 10.2 Å². The van der Waals surface area contributed by atoms with Gasteiger partial charge in [0, 0.05) is 86.3 Å². The second-order valence-corrected chi connectivity index (χ2v) is 11.2. The Morgan fingerprint density at radius 2 is 0.696 bits per heavy atom. The summed E-state index contributed by atoms with van der Waals surface area (Å²) in [6.45, 7) is 3.28. The topological polar surface area (TPSA) is 98.5 Å². The number of pyridine rings is 4. The van der Waals surface area contributed by atoms with Crippen molar-refractivity contribution in [2.75, 3.05) is 0 Å². The Bertz CT molecular complexity index is 1600. The quantitative estimate of drug-likeness (QED) is 0.149. The van der Waals surface area contributed by atoms with E-state index in [-0.39, 0.29) is 11.5 Å². The van der Waals surface area contributed by atoms with Crippen molar-refractivity contribution in [1.82, 2.24) is 29.7 Å². The van der Waals surface area contributed by atoms with Crippen LogP contribution in [-0.2, 0) is 39.3 Å². The van der Waals surface area contributed by atoms with Crippen molar-refractivity contribution >= 4 is 0 Å². The van der Waals surface area contributed by atoms with E-state index in [1.807, 2.05) is 109 Å². The Morgan fingerprint density at radius 3 is 0.978 bits per heavy atom. The average Bonchev–Trinajstić information content (AvgIpc) is 3.09. The number of hydrogen-bond donors (Lipinski definition) is 2. The molecule has 0 radical (unpaired) electrons. The summed E-state index contributed by atoms with van der Waals surface area (Å²) in [5, 5.41) is 23.2. The summed E-state index contributed by atoms with van der Waals surface area (Å²) < 4.78 is 0. The summed E-state index contributed by atoms with van der Waals surface area (Å²) in [6, 6.07) is 34.9. The Labute approximate surface area is 269 Å². The van der Waals surface area contributed by atoms with Gasteiger partial charge in [-0.1, -0.05) is 60.7 Å². The van der Waals surface area contributed by atoms with E-state index >= 15 is 0 Å². The lowest BCUT2D eigenvalue weighted by Crippen LogP contribution is -2.23. The third-order valence-electron chi connectivity index (χ3n) is 7.76. The fourth-order valence-electron chi connectivity index (χ4n) is 5.57. The van der Waals surface area contributed by atoms with Crippen LogP contribution in [0.4, 0.5) is 0 Å². The second kappa shape index (κ2) is 15.0. The first-order chi connectivity index (χ1) is 22.6. The first-order valence-electron chi connectivity index (χ1n) is 15.3. The molecule has 0 aliphatic rings. The second-order valence-electron chi connectivity index (χ2n) is 11.2. The molecule has 8 nitrogen and oxygen atoms in total. The number of nitrogens with zero attached hydrogens (tertiary/aromatic N) is 6. The number of para-hydroxylation sites is 2. The van der Waals surface area contributed by atoms with Crippen LogP contribution in [0.15, 0.2) is 134 Å². The van der Waals surface area contributed by atoms with E-state index in [1.54, 1.807) is 24.8 Å². The van der Waals surface area contributed by atoms with Crippen LogP contribution < -0.4 is 0 Å². The van der Waals surface area contributed by atoms with Crippen molar-refractivity contribution in [2.24, 2.45) is 0 Å². The molecule has 2 N–H and O–H groups in total. The van der Waals surface area contributed by atoms with Gasteiger partial charge in [-0.05, 0) is 48.5 Å². The van der Waals surface area contributed by atoms with Gasteiger partial charge < -0.3 is 10.2 Å². The summed E-state index contributed by atoms with van der Waals surface area (Å²) >= 11 is 0. The van der Waals surface area contributed by atoms with Crippen LogP contribution >= 0.6 is 0 Å². The normalized spacial score (nSPS) is 11.3. The number of hydrogen-bond acceptors (Lipinski definition) is 8. The van der Waals surface area contributed by atoms with Crippen LogP contribution in [-0.4, -0.2) is 39.9 Å². The Kier molecular flexibility index (Phi) is 9.99. The molecular formula is C38H36N6O2. The first-order valence-corrected chi connectivity index (χ1v) is 15.3. The highest BCUT2D eigenvalue weighted by atomic mass is 16.3. The highest BCUT2D eigenvalue weighted by molar-refractivity contribution is 5.77. The fraction of sp³-hybridized carbons (Fsp3) is 0.158. The molecule has 6 rings (SSSR count). The van der Waals surface area contributed by atoms with Gasteiger partial charge >= 0.3 is 0 Å². The van der Waals surface area contributed by atoms with Gasteiger partial charge in [0.05, 0.1) is 22.8 Å². The van der Waals surface area contributed by atoms with E-state index in [1.165, 1.54) is 0 Å². The number of aromatic nitrogens is 4. The molecule has 0 aliphatic carbocycles. The molecule has 6 aromatic rings. The monoisotopic (exact) mass is 608 g/mol. The highest BCUT2D eigenvalue weighted by Gasteiger charge is 2.19. The van der Waals surface area contributed by atoms with Crippen molar-refractivity contribution in [3.8, 4) is 22.6 Å². The lowest BCUT2D eigenvalue weighted by molar-refractivity contribution is 0.238. The number of phenols is 2. The Morgan fingerprint density at radius 1 is 0.370 bits per heavy atom. The maximum atomic E-state index is 11.6. The molecule has 0 atom stereocenters. The minimum atomic E-state index is 0.140. The van der Waals surface area contributed by atoms with Crippen LogP contribution in [0.2, 0.25) is 0 Å². The van der Waals surface area contributed by atoms with Crippen molar-refractivity contribution in [2.45, 2.75) is 39.3 Å². The van der Waals surface area contributed by atoms with Gasteiger partial charge in [-0.25, -0.2) is 0 Å². The maximum absolute atomic E-state index is 11.6. The molecule has 0 saturated carbocycles. The van der Waals surface area contributed by atoms with Crippen molar-refractivity contribution in [3.05, 3.63) is 168 Å². The summed E-state index contributed by atoms with van der Waals surface area (Å²) in [6.07, 6.45) is 7.15. The van der Waals surface area contributed by atoms with Gasteiger partial charge in [0.2, 0.25) is 0 Å². The molecule has 230 valence electrons. The maximum Gasteiger partial charge on any atom is 0.128 e. The molecule has 0 bridgehead atoms. The van der Waals surface area contributed by atoms with Crippen molar-refractivity contribution in [1.29, 1.82) is 0 Å². The van der Waals surface area contributed by atoms with Crippen LogP contribution in [0, 0.1) is 0 Å². The van der Waals surface area contributed by atoms with Gasteiger partial charge in [-0.15, -0.1) is 0 Å². The molecule has 0 saturated heterocycles. The lowest BCUT2D eigenvalue weighted by Gasteiger charge is -2.24. The molecule has 0 amide bonds. The summed E-state index contributed by atoms with van der Waals surface area (Å²) in [5.74, 6) is 0.279. The first kappa shape index (κ1) is 30.6. The molecule has 0 spiro atoms. The molecule has 8 heteroatoms. The molecule has 4 heterocycles. The molecule has 0 aliphatic heterocycles. The molecule has 0 fully saturated rings. The highest BCUT2D eigenvalue weighted by Crippen LogP contribution is 2.40. The van der Waals surface area contributed by atoms with Crippen molar-refractivity contribution < 1.29 is 10.2 Å². The van der Waals surface area contributed by atoms with Gasteiger partial charge in [-0.2, -0.15) is 0 Å². The Balaban J connectivity index is 1.27. The summed E-state index contributed by atoms with van der Waals surface area (Å²) in [7, 11) is 0. The van der Waals surface area contributed by atoms with Gasteiger partial charge in [-0.3, -0.25) is 29.7 Å². The smallest absolute Gasteiger partial charge is 0.128 e. The number of aromatic hydroxyl groups is 2. The molecule has 46 heavy (non-hydrogen) atoms. The number of benzene rings is 2. The zero-order chi connectivity index (χ0) is 31.6. The van der Waals surface area contributed by atoms with Crippen LogP contribution in [0.1, 0.15) is 33.9 Å². The average molecular weight is 609 g/mol. The van der Waals surface area contributed by atoms with E-state index in [0.717, 1.165) is 33.9 Å².